The number of nitrogens with zero attached hydrogens (tertiary/aromatic N) is 3. The van der Waals surface area contributed by atoms with Gasteiger partial charge in [-0.2, -0.15) is 0 Å². The van der Waals surface area contributed by atoms with Gasteiger partial charge in [0.15, 0.2) is 5.78 Å². The van der Waals surface area contributed by atoms with Crippen LogP contribution in [0.2, 0.25) is 0 Å². The maximum absolute atomic E-state index is 14.3. The van der Waals surface area contributed by atoms with E-state index in [1.165, 1.54) is 0 Å². The summed E-state index contributed by atoms with van der Waals surface area (Å²) < 4.78 is 12.0. The third-order valence-corrected chi connectivity index (χ3v) is 11.5. The number of likely N-dealkylation sites (N-methyl/N-ethyl adjacent to an activating group) is 2. The average molecular weight is 806 g/mol. The number of likely N-dealkylation sites (tertiary alicyclic amines) is 1. The number of hydrogen-bond acceptors (Lipinski definition) is 8. The van der Waals surface area contributed by atoms with Crippen LogP contribution in [0.25, 0.3) is 0 Å². The highest BCUT2D eigenvalue weighted by Crippen LogP contribution is 2.30. The van der Waals surface area contributed by atoms with Crippen LogP contribution in [0.3, 0.4) is 0 Å². The average Bonchev–Trinajstić information content (AvgIpc) is 3.66. The van der Waals surface area contributed by atoms with Crippen LogP contribution in [0.5, 0.6) is 0 Å². The number of ether oxygens (including phenoxy) is 2. The Balaban J connectivity index is 0. The second-order valence-corrected chi connectivity index (χ2v) is 16.8. The predicted molar refractivity (Wildman–Crippen MR) is 233 cm³/mol. The number of carbonyl (C=O) groups excluding carboxylic acids is 5. The molecule has 2 rings (SSSR count). The van der Waals surface area contributed by atoms with Crippen LogP contribution in [0.1, 0.15) is 110 Å². The summed E-state index contributed by atoms with van der Waals surface area (Å²) >= 11 is 0. The molecule has 0 aromatic heterocycles. The Bertz CT molecular complexity index is 1390. The monoisotopic (exact) mass is 806 g/mol. The number of carbonyl (C=O) groups is 5. The Labute approximate surface area is 348 Å². The van der Waals surface area contributed by atoms with E-state index in [2.05, 4.69) is 10.6 Å². The molecular formula is C45H83N5O7. The predicted octanol–water partition coefficient (Wildman–Crippen LogP) is 6.10. The van der Waals surface area contributed by atoms with Crippen LogP contribution in [0, 0.1) is 29.6 Å². The van der Waals surface area contributed by atoms with Crippen molar-refractivity contribution in [1.29, 1.82) is 0 Å². The highest BCUT2D eigenvalue weighted by Gasteiger charge is 2.43. The van der Waals surface area contributed by atoms with Crippen LogP contribution >= 0.6 is 0 Å². The standard InChI is InChI=1S/C43H73N5O7.C2H6.2H2/c1-15-29(8)38(47(12)43(53)36(26(2)3)45-42(52)37(27(4)5)46(10)11)34(54-13)25-35(49)48-23-19-22-33(48)40(55-14)30(9)41(51)44-32(39(50)28(6)7)24-31-20-17-16-18-21-31;1-2;;/h16-18,20-21,26-30,32-34,36-38,40H,15,19,22-25H2,1-14H3,(H,44,51)(H,45,52);1-2H3;2*1H. The minimum atomic E-state index is -0.764. The van der Waals surface area contributed by atoms with Gasteiger partial charge in [0.2, 0.25) is 23.6 Å². The minimum Gasteiger partial charge on any atom is -0.379 e. The number of nitrogens with one attached hydrogen (secondary N) is 2. The molecule has 9 unspecified atom stereocenters. The Kier molecular flexibility index (Phi) is 22.8. The highest BCUT2D eigenvalue weighted by molar-refractivity contribution is 5.91. The smallest absolute Gasteiger partial charge is 0.245 e. The molecule has 9 atom stereocenters. The zero-order valence-electron chi connectivity index (χ0n) is 38.3. The molecule has 1 aromatic rings. The molecule has 2 N–H and O–H groups in total. The first-order chi connectivity index (χ1) is 26.8. The van der Waals surface area contributed by atoms with E-state index in [0.29, 0.717) is 19.4 Å². The lowest BCUT2D eigenvalue weighted by molar-refractivity contribution is -0.148. The first-order valence-corrected chi connectivity index (χ1v) is 21.3. The molecule has 1 aliphatic rings. The van der Waals surface area contributed by atoms with Gasteiger partial charge in [-0.3, -0.25) is 28.9 Å². The lowest BCUT2D eigenvalue weighted by Crippen LogP contribution is -2.59. The van der Waals surface area contributed by atoms with Crippen molar-refractivity contribution in [2.75, 3.05) is 41.9 Å². The van der Waals surface area contributed by atoms with Crippen LogP contribution in [-0.4, -0.2) is 128 Å². The third kappa shape index (κ3) is 14.5. The van der Waals surface area contributed by atoms with Gasteiger partial charge in [-0.15, -0.1) is 0 Å². The van der Waals surface area contributed by atoms with Crippen molar-refractivity contribution in [3.63, 3.8) is 0 Å². The Hall–Kier alpha value is -3.35. The summed E-state index contributed by atoms with van der Waals surface area (Å²) in [6.45, 7) is 21.8. The van der Waals surface area contributed by atoms with Crippen molar-refractivity contribution in [3.05, 3.63) is 35.9 Å². The molecule has 0 spiro atoms. The molecule has 0 aliphatic carbocycles. The van der Waals surface area contributed by atoms with Gasteiger partial charge in [0.05, 0.1) is 48.7 Å². The number of ketones is 1. The number of hydrogen-bond donors (Lipinski definition) is 2. The molecular weight excluding hydrogens is 723 g/mol. The fraction of sp³-hybridized carbons (Fsp3) is 0.756. The summed E-state index contributed by atoms with van der Waals surface area (Å²) in [6, 6.07) is 6.95. The van der Waals surface area contributed by atoms with Crippen LogP contribution in [0.15, 0.2) is 30.3 Å². The first kappa shape index (κ1) is 51.7. The van der Waals surface area contributed by atoms with Crippen LogP contribution in [-0.2, 0) is 39.9 Å². The summed E-state index contributed by atoms with van der Waals surface area (Å²) in [5, 5.41) is 6.06. The molecule has 1 saturated heterocycles. The number of methoxy groups -OCH3 is 2. The van der Waals surface area contributed by atoms with Gasteiger partial charge >= 0.3 is 0 Å². The lowest BCUT2D eigenvalue weighted by Gasteiger charge is -2.41. The maximum Gasteiger partial charge on any atom is 0.245 e. The topological polar surface area (TPSA) is 138 Å². The first-order valence-electron chi connectivity index (χ1n) is 21.3. The Morgan fingerprint density at radius 3 is 1.93 bits per heavy atom. The zero-order valence-corrected chi connectivity index (χ0v) is 38.3. The van der Waals surface area contributed by atoms with Gasteiger partial charge < -0.3 is 29.9 Å². The van der Waals surface area contributed by atoms with Gasteiger partial charge in [0.25, 0.3) is 0 Å². The molecule has 57 heavy (non-hydrogen) atoms. The molecule has 0 bridgehead atoms. The number of amides is 4. The third-order valence-electron chi connectivity index (χ3n) is 11.5. The van der Waals surface area contributed by atoms with Crippen molar-refractivity contribution in [3.8, 4) is 0 Å². The summed E-state index contributed by atoms with van der Waals surface area (Å²) in [7, 11) is 8.57. The molecule has 4 amide bonds. The zero-order chi connectivity index (χ0) is 43.7. The van der Waals surface area contributed by atoms with Crippen LogP contribution in [0.4, 0.5) is 0 Å². The molecule has 330 valence electrons. The molecule has 12 heteroatoms. The molecule has 1 aliphatic heterocycles. The Morgan fingerprint density at radius 1 is 0.860 bits per heavy atom. The van der Waals surface area contributed by atoms with E-state index in [1.54, 1.807) is 38.0 Å². The van der Waals surface area contributed by atoms with Crippen LogP contribution < -0.4 is 10.6 Å². The van der Waals surface area contributed by atoms with E-state index in [-0.39, 0.29) is 68.4 Å². The van der Waals surface area contributed by atoms with E-state index in [9.17, 15) is 24.0 Å². The minimum absolute atomic E-state index is 0. The quantitative estimate of drug-likeness (QED) is 0.144. The summed E-state index contributed by atoms with van der Waals surface area (Å²) in [4.78, 5) is 74.3. The van der Waals surface area contributed by atoms with Crippen molar-refractivity contribution in [2.24, 2.45) is 29.6 Å². The summed E-state index contributed by atoms with van der Waals surface area (Å²) in [6.07, 6.45) is 1.31. The van der Waals surface area contributed by atoms with E-state index >= 15 is 0 Å². The van der Waals surface area contributed by atoms with E-state index < -0.39 is 42.3 Å². The lowest BCUT2D eigenvalue weighted by atomic mass is 9.89. The fourth-order valence-corrected chi connectivity index (χ4v) is 8.19. The van der Waals surface area contributed by atoms with Gasteiger partial charge in [0.1, 0.15) is 6.04 Å². The number of Topliss-reactive ketones (excluding diaryl/α,β-unsaturated/α-hetero) is 1. The fourth-order valence-electron chi connectivity index (χ4n) is 8.19. The van der Waals surface area contributed by atoms with Gasteiger partial charge in [0, 0.05) is 36.6 Å². The second kappa shape index (κ2) is 25.2. The summed E-state index contributed by atoms with van der Waals surface area (Å²) in [5.41, 5.74) is 0.953. The SMILES string of the molecule is CC.CCC(C)C(C(CC(=O)N1CCCC1C(OC)C(C)C(=O)NC(Cc1ccccc1)C(=O)C(C)C)OC)N(C)C(=O)C(NC(=O)C(C(C)C)N(C)C)C(C)C.[HH].[HH]. The maximum atomic E-state index is 14.3. The number of benzene rings is 1. The van der Waals surface area contributed by atoms with Gasteiger partial charge in [-0.1, -0.05) is 113 Å². The molecule has 1 heterocycles. The van der Waals surface area contributed by atoms with Gasteiger partial charge in [-0.25, -0.2) is 0 Å². The highest BCUT2D eigenvalue weighted by atomic mass is 16.5. The second-order valence-electron chi connectivity index (χ2n) is 16.8. The van der Waals surface area contributed by atoms with Crippen molar-refractivity contribution in [1.82, 2.24) is 25.3 Å². The van der Waals surface area contributed by atoms with Gasteiger partial charge in [-0.05, 0) is 56.7 Å². The summed E-state index contributed by atoms with van der Waals surface area (Å²) in [5.74, 6) is -1.99. The van der Waals surface area contributed by atoms with E-state index in [1.807, 2.05) is 119 Å². The van der Waals surface area contributed by atoms with E-state index in [0.717, 1.165) is 18.4 Å². The molecule has 1 aromatic carbocycles. The number of rotatable bonds is 22. The van der Waals surface area contributed by atoms with Crippen molar-refractivity contribution in [2.45, 2.75) is 151 Å². The molecule has 1 fully saturated rings. The normalized spacial score (nSPS) is 18.5. The molecule has 12 nitrogen and oxygen atoms in total. The molecule has 0 saturated carbocycles. The van der Waals surface area contributed by atoms with Crippen molar-refractivity contribution >= 4 is 29.4 Å². The van der Waals surface area contributed by atoms with Crippen molar-refractivity contribution < 1.29 is 36.3 Å². The molecule has 0 radical (unpaired) electrons. The van der Waals surface area contributed by atoms with E-state index in [4.69, 9.17) is 9.47 Å². The largest absolute Gasteiger partial charge is 0.379 e. The Morgan fingerprint density at radius 2 is 1.46 bits per heavy atom.